The molecule has 2 aromatic carbocycles. The second kappa shape index (κ2) is 9.02. The molecule has 0 radical (unpaired) electrons. The number of ether oxygens (including phenoxy) is 1. The van der Waals surface area contributed by atoms with Crippen molar-refractivity contribution >= 4 is 52.5 Å². The van der Waals surface area contributed by atoms with Crippen LogP contribution in [0, 0.1) is 34.9 Å². The summed E-state index contributed by atoms with van der Waals surface area (Å²) in [4.78, 5) is 55.0. The van der Waals surface area contributed by atoms with Gasteiger partial charge in [0.2, 0.25) is 11.8 Å². The van der Waals surface area contributed by atoms with E-state index in [4.69, 9.17) is 27.9 Å². The number of phenols is 1. The van der Waals surface area contributed by atoms with Gasteiger partial charge in [-0.25, -0.2) is 9.29 Å². The standard InChI is InChI=1S/C28H23Cl2FN2O7/c1-28-16(25(36)32(27(28)38)12-3-6-19(31)17(29)9-12)10-15-13(4-5-14-21(15)26(37)33(39)24(14)35)22(28)11-7-18(30)23(34)20(8-11)40-2/h3-4,6-9,14-16,21-22,34,39H,5,10H2,1-2H3. The number of allylic oxidation sites excluding steroid dienone is 2. The van der Waals surface area contributed by atoms with Gasteiger partial charge in [0.1, 0.15) is 5.82 Å². The number of carbonyl (C=O) groups excluding carboxylic acids is 4. The van der Waals surface area contributed by atoms with Crippen molar-refractivity contribution in [3.63, 3.8) is 0 Å². The minimum Gasteiger partial charge on any atom is -0.503 e. The molecular formula is C28H23Cl2FN2O7. The number of phenolic OH excluding ortho intramolecular Hbond substituents is 1. The summed E-state index contributed by atoms with van der Waals surface area (Å²) in [5, 5.41) is 20.4. The Labute approximate surface area is 237 Å². The maximum atomic E-state index is 14.3. The molecule has 2 saturated heterocycles. The van der Waals surface area contributed by atoms with E-state index in [1.54, 1.807) is 13.0 Å². The van der Waals surface area contributed by atoms with Crippen LogP contribution in [0.3, 0.4) is 0 Å². The van der Waals surface area contributed by atoms with Gasteiger partial charge in [-0.3, -0.25) is 24.4 Å². The zero-order valence-electron chi connectivity index (χ0n) is 21.2. The van der Waals surface area contributed by atoms with Crippen molar-refractivity contribution < 1.29 is 38.6 Å². The molecule has 6 atom stereocenters. The molecule has 2 aliphatic carbocycles. The quantitative estimate of drug-likeness (QED) is 0.308. The number of hydrogen-bond donors (Lipinski definition) is 2. The smallest absolute Gasteiger partial charge is 0.257 e. The highest BCUT2D eigenvalue weighted by Gasteiger charge is 2.67. The summed E-state index contributed by atoms with van der Waals surface area (Å²) in [6.07, 6.45) is 2.01. The number of methoxy groups -OCH3 is 1. The van der Waals surface area contributed by atoms with Crippen molar-refractivity contribution in [3.05, 3.63) is 63.4 Å². The molecule has 3 fully saturated rings. The van der Waals surface area contributed by atoms with Gasteiger partial charge in [0.15, 0.2) is 11.5 Å². The van der Waals surface area contributed by atoms with Gasteiger partial charge in [0.25, 0.3) is 11.8 Å². The number of amides is 4. The van der Waals surface area contributed by atoms with Crippen LogP contribution in [0.1, 0.15) is 31.2 Å². The summed E-state index contributed by atoms with van der Waals surface area (Å²) in [6.45, 7) is 1.66. The van der Waals surface area contributed by atoms with Crippen molar-refractivity contribution in [1.29, 1.82) is 0 Å². The molecule has 6 rings (SSSR count). The lowest BCUT2D eigenvalue weighted by Crippen LogP contribution is -2.48. The number of halogens is 3. The van der Waals surface area contributed by atoms with E-state index in [0.29, 0.717) is 11.1 Å². The van der Waals surface area contributed by atoms with Crippen LogP contribution < -0.4 is 9.64 Å². The van der Waals surface area contributed by atoms with Crippen LogP contribution >= 0.6 is 23.2 Å². The molecule has 0 bridgehead atoms. The van der Waals surface area contributed by atoms with Crippen molar-refractivity contribution in [2.75, 3.05) is 12.0 Å². The van der Waals surface area contributed by atoms with E-state index in [9.17, 15) is 33.9 Å². The molecule has 0 spiro atoms. The summed E-state index contributed by atoms with van der Waals surface area (Å²) in [5.74, 6) is -7.69. The minimum absolute atomic E-state index is 0.0430. The predicted molar refractivity (Wildman–Crippen MR) is 139 cm³/mol. The van der Waals surface area contributed by atoms with Crippen LogP contribution in [0.25, 0.3) is 0 Å². The third-order valence-corrected chi connectivity index (χ3v) is 9.59. The fraction of sp³-hybridized carbons (Fsp3) is 0.357. The van der Waals surface area contributed by atoms with Gasteiger partial charge in [-0.05, 0) is 61.6 Å². The van der Waals surface area contributed by atoms with Gasteiger partial charge in [0, 0.05) is 5.92 Å². The lowest BCUT2D eigenvalue weighted by atomic mass is 9.51. The van der Waals surface area contributed by atoms with Gasteiger partial charge in [0.05, 0.1) is 46.0 Å². The van der Waals surface area contributed by atoms with Gasteiger partial charge in [-0.15, -0.1) is 0 Å². The number of imide groups is 2. The van der Waals surface area contributed by atoms with E-state index < -0.39 is 64.5 Å². The molecule has 4 aliphatic rings. The van der Waals surface area contributed by atoms with Crippen LogP contribution in [0.5, 0.6) is 11.5 Å². The van der Waals surface area contributed by atoms with Gasteiger partial charge in [-0.2, -0.15) is 5.06 Å². The zero-order chi connectivity index (χ0) is 28.8. The topological polar surface area (TPSA) is 124 Å². The molecule has 0 aromatic heterocycles. The van der Waals surface area contributed by atoms with Crippen LogP contribution in [0.4, 0.5) is 10.1 Å². The molecule has 2 aliphatic heterocycles. The predicted octanol–water partition coefficient (Wildman–Crippen LogP) is 4.47. The number of hydrogen-bond acceptors (Lipinski definition) is 7. The first-order valence-corrected chi connectivity index (χ1v) is 13.3. The second-order valence-corrected chi connectivity index (χ2v) is 11.6. The number of nitrogens with zero attached hydrogens (tertiary/aromatic N) is 2. The molecule has 1 saturated carbocycles. The van der Waals surface area contributed by atoms with E-state index in [2.05, 4.69) is 0 Å². The molecule has 2 N–H and O–H groups in total. The molecule has 2 aromatic rings. The number of anilines is 1. The number of fused-ring (bicyclic) bond motifs is 4. The second-order valence-electron chi connectivity index (χ2n) is 10.8. The summed E-state index contributed by atoms with van der Waals surface area (Å²) in [5.41, 5.74) is -0.191. The number of carbonyl (C=O) groups is 4. The average Bonchev–Trinajstić information content (AvgIpc) is 3.26. The summed E-state index contributed by atoms with van der Waals surface area (Å²) in [7, 11) is 1.34. The summed E-state index contributed by atoms with van der Waals surface area (Å²) >= 11 is 12.3. The molecule has 6 unspecified atom stereocenters. The largest absolute Gasteiger partial charge is 0.503 e. The Balaban J connectivity index is 1.56. The SMILES string of the molecule is COc1cc(C2C3=CCC4C(=O)N(O)C(=O)C4C3CC3C(=O)N(c4ccc(F)c(Cl)c4)C(=O)C32C)cc(Cl)c1O. The first-order valence-electron chi connectivity index (χ1n) is 12.6. The lowest BCUT2D eigenvalue weighted by molar-refractivity contribution is -0.173. The van der Waals surface area contributed by atoms with Crippen LogP contribution in [-0.2, 0) is 19.2 Å². The Morgan fingerprint density at radius 1 is 1.02 bits per heavy atom. The number of benzene rings is 2. The highest BCUT2D eigenvalue weighted by atomic mass is 35.5. The number of aromatic hydroxyl groups is 1. The van der Waals surface area contributed by atoms with Gasteiger partial charge in [-0.1, -0.05) is 34.9 Å². The molecule has 12 heteroatoms. The van der Waals surface area contributed by atoms with Gasteiger partial charge < -0.3 is 9.84 Å². The van der Waals surface area contributed by atoms with E-state index in [0.717, 1.165) is 11.0 Å². The maximum absolute atomic E-state index is 14.3. The number of rotatable bonds is 3. The lowest BCUT2D eigenvalue weighted by Gasteiger charge is -2.49. The van der Waals surface area contributed by atoms with E-state index in [-0.39, 0.29) is 45.1 Å². The Hall–Kier alpha value is -3.47. The van der Waals surface area contributed by atoms with E-state index in [1.807, 2.05) is 0 Å². The van der Waals surface area contributed by atoms with Crippen LogP contribution in [0.15, 0.2) is 42.0 Å². The average molecular weight is 589 g/mol. The molecule has 2 heterocycles. The Morgan fingerprint density at radius 3 is 2.42 bits per heavy atom. The fourth-order valence-corrected chi connectivity index (χ4v) is 7.56. The highest BCUT2D eigenvalue weighted by Crippen LogP contribution is 2.64. The van der Waals surface area contributed by atoms with Crippen molar-refractivity contribution in [3.8, 4) is 11.5 Å². The van der Waals surface area contributed by atoms with E-state index in [1.165, 1.54) is 31.4 Å². The van der Waals surface area contributed by atoms with Crippen LogP contribution in [-0.4, -0.2) is 46.1 Å². The van der Waals surface area contributed by atoms with E-state index >= 15 is 0 Å². The minimum atomic E-state index is -1.40. The first-order chi connectivity index (χ1) is 18.9. The zero-order valence-corrected chi connectivity index (χ0v) is 22.7. The third kappa shape index (κ3) is 3.42. The molecule has 4 amide bonds. The summed E-state index contributed by atoms with van der Waals surface area (Å²) in [6, 6.07) is 6.57. The molecular weight excluding hydrogens is 566 g/mol. The maximum Gasteiger partial charge on any atom is 0.257 e. The van der Waals surface area contributed by atoms with Crippen molar-refractivity contribution in [2.24, 2.45) is 29.1 Å². The Kier molecular flexibility index (Phi) is 6.03. The molecule has 208 valence electrons. The highest BCUT2D eigenvalue weighted by molar-refractivity contribution is 6.32. The first kappa shape index (κ1) is 26.7. The molecule has 40 heavy (non-hydrogen) atoms. The molecule has 9 nitrogen and oxygen atoms in total. The Morgan fingerprint density at radius 2 is 1.75 bits per heavy atom. The van der Waals surface area contributed by atoms with Gasteiger partial charge >= 0.3 is 0 Å². The summed E-state index contributed by atoms with van der Waals surface area (Å²) < 4.78 is 19.3. The third-order valence-electron chi connectivity index (χ3n) is 9.02. The normalized spacial score (nSPS) is 31.2. The van der Waals surface area contributed by atoms with Crippen molar-refractivity contribution in [2.45, 2.75) is 25.7 Å². The van der Waals surface area contributed by atoms with Crippen LogP contribution in [0.2, 0.25) is 10.0 Å². The number of hydroxylamine groups is 2. The fourth-order valence-electron chi connectivity index (χ4n) is 7.17. The Bertz CT molecular complexity index is 1560. The monoisotopic (exact) mass is 588 g/mol. The van der Waals surface area contributed by atoms with Crippen molar-refractivity contribution in [1.82, 2.24) is 5.06 Å².